The molecule has 0 saturated carbocycles. The van der Waals surface area contributed by atoms with Crippen molar-refractivity contribution in [2.45, 2.75) is 6.42 Å². The molecule has 1 N–H and O–H groups in total. The Balaban J connectivity index is 2.43. The highest BCUT2D eigenvalue weighted by atomic mass is 16.5. The van der Waals surface area contributed by atoms with Crippen LogP contribution in [0.2, 0.25) is 0 Å². The highest BCUT2D eigenvalue weighted by Gasteiger charge is 1.94. The van der Waals surface area contributed by atoms with Crippen LogP contribution in [0.4, 0.5) is 0 Å². The van der Waals surface area contributed by atoms with E-state index >= 15 is 0 Å². The molecule has 1 aromatic rings. The highest BCUT2D eigenvalue weighted by Crippen LogP contribution is 2.11. The zero-order valence-corrected chi connectivity index (χ0v) is 8.29. The molecule has 0 aliphatic carbocycles. The van der Waals surface area contributed by atoms with Crippen molar-refractivity contribution in [3.05, 3.63) is 29.8 Å². The van der Waals surface area contributed by atoms with Gasteiger partial charge in [-0.2, -0.15) is 5.26 Å². The van der Waals surface area contributed by atoms with Crippen molar-refractivity contribution < 1.29 is 4.74 Å². The number of hydrogen-bond donors (Lipinski definition) is 1. The van der Waals surface area contributed by atoms with E-state index in [9.17, 15) is 0 Å². The summed E-state index contributed by atoms with van der Waals surface area (Å²) in [5.74, 6) is 0.849. The zero-order chi connectivity index (χ0) is 10.2. The molecule has 1 aromatic carbocycles. The summed E-state index contributed by atoms with van der Waals surface area (Å²) in [5, 5.41) is 11.5. The Morgan fingerprint density at radius 3 is 2.64 bits per heavy atom. The van der Waals surface area contributed by atoms with E-state index in [1.165, 1.54) is 0 Å². The topological polar surface area (TPSA) is 45.0 Å². The third-order valence-electron chi connectivity index (χ3n) is 1.83. The molecule has 74 valence electrons. The van der Waals surface area contributed by atoms with Crippen LogP contribution in [0.5, 0.6) is 5.75 Å². The van der Waals surface area contributed by atoms with Gasteiger partial charge in [0, 0.05) is 6.54 Å². The van der Waals surface area contributed by atoms with Gasteiger partial charge in [-0.15, -0.1) is 0 Å². The minimum atomic E-state index is 0.455. The number of nitriles is 1. The molecule has 0 aromatic heterocycles. The van der Waals surface area contributed by atoms with Gasteiger partial charge < -0.3 is 10.1 Å². The maximum Gasteiger partial charge on any atom is 0.119 e. The van der Waals surface area contributed by atoms with Crippen LogP contribution < -0.4 is 10.1 Å². The first-order chi connectivity index (χ1) is 6.86. The average Bonchev–Trinajstić information content (AvgIpc) is 2.21. The van der Waals surface area contributed by atoms with Gasteiger partial charge >= 0.3 is 0 Å². The van der Waals surface area contributed by atoms with E-state index < -0.39 is 0 Å². The molecule has 0 aliphatic rings. The summed E-state index contributed by atoms with van der Waals surface area (Å²) >= 11 is 0. The van der Waals surface area contributed by atoms with Crippen molar-refractivity contribution in [2.75, 3.05) is 20.2 Å². The van der Waals surface area contributed by atoms with Crippen molar-refractivity contribution in [2.24, 2.45) is 0 Å². The number of nitrogens with zero attached hydrogens (tertiary/aromatic N) is 1. The number of nitrogens with one attached hydrogen (secondary N) is 1. The lowest BCUT2D eigenvalue weighted by Crippen LogP contribution is -2.15. The van der Waals surface area contributed by atoms with Crippen LogP contribution in [0.15, 0.2) is 24.3 Å². The Kier molecular flexibility index (Phi) is 4.53. The summed E-state index contributed by atoms with van der Waals surface area (Å²) in [7, 11) is 1.89. The van der Waals surface area contributed by atoms with Crippen LogP contribution >= 0.6 is 0 Å². The van der Waals surface area contributed by atoms with Crippen molar-refractivity contribution in [3.63, 3.8) is 0 Å². The minimum absolute atomic E-state index is 0.455. The van der Waals surface area contributed by atoms with Gasteiger partial charge in [0.15, 0.2) is 0 Å². The summed E-state index contributed by atoms with van der Waals surface area (Å²) in [5.41, 5.74) is 1.02. The second-order valence-electron chi connectivity index (χ2n) is 2.93. The fourth-order valence-electron chi connectivity index (χ4n) is 1.07. The number of rotatable bonds is 5. The molecule has 3 nitrogen and oxygen atoms in total. The van der Waals surface area contributed by atoms with E-state index in [-0.39, 0.29) is 0 Å². The molecule has 14 heavy (non-hydrogen) atoms. The molecule has 0 amide bonds. The van der Waals surface area contributed by atoms with Crippen molar-refractivity contribution >= 4 is 0 Å². The first-order valence-corrected chi connectivity index (χ1v) is 4.60. The lowest BCUT2D eigenvalue weighted by molar-refractivity contribution is 0.318. The van der Waals surface area contributed by atoms with Gasteiger partial charge in [0.2, 0.25) is 0 Å². The van der Waals surface area contributed by atoms with Crippen LogP contribution in [0.3, 0.4) is 0 Å². The van der Waals surface area contributed by atoms with E-state index in [1.807, 2.05) is 31.3 Å². The molecular weight excluding hydrogens is 176 g/mol. The Hall–Kier alpha value is -1.53. The minimum Gasteiger partial charge on any atom is -0.492 e. The largest absolute Gasteiger partial charge is 0.492 e. The predicted octanol–water partition coefficient (Wildman–Crippen LogP) is 1.35. The monoisotopic (exact) mass is 190 g/mol. The van der Waals surface area contributed by atoms with Crippen LogP contribution in [0.1, 0.15) is 5.56 Å². The second-order valence-corrected chi connectivity index (χ2v) is 2.93. The molecule has 0 aliphatic heterocycles. The zero-order valence-electron chi connectivity index (χ0n) is 8.29. The van der Waals surface area contributed by atoms with Crippen LogP contribution in [-0.2, 0) is 6.42 Å². The van der Waals surface area contributed by atoms with Crippen molar-refractivity contribution in [3.8, 4) is 11.8 Å². The van der Waals surface area contributed by atoms with Gasteiger partial charge in [0.05, 0.1) is 12.5 Å². The maximum absolute atomic E-state index is 8.47. The Morgan fingerprint density at radius 1 is 1.36 bits per heavy atom. The Bertz CT molecular complexity index is 300. The first kappa shape index (κ1) is 10.6. The van der Waals surface area contributed by atoms with E-state index in [4.69, 9.17) is 10.00 Å². The molecule has 0 fully saturated rings. The van der Waals surface area contributed by atoms with Gasteiger partial charge in [-0.3, -0.25) is 0 Å². The number of ether oxygens (including phenoxy) is 1. The summed E-state index contributed by atoms with van der Waals surface area (Å²) in [6.07, 6.45) is 0.455. The third-order valence-corrected chi connectivity index (χ3v) is 1.83. The van der Waals surface area contributed by atoms with Gasteiger partial charge in [-0.1, -0.05) is 12.1 Å². The fraction of sp³-hybridized carbons (Fsp3) is 0.364. The molecule has 0 spiro atoms. The Labute approximate surface area is 84.3 Å². The first-order valence-electron chi connectivity index (χ1n) is 4.60. The predicted molar refractivity (Wildman–Crippen MR) is 55.2 cm³/mol. The SMILES string of the molecule is CNCCOc1ccc(CC#N)cc1. The van der Waals surface area contributed by atoms with Gasteiger partial charge in [0.25, 0.3) is 0 Å². The van der Waals surface area contributed by atoms with Gasteiger partial charge in [0.1, 0.15) is 12.4 Å². The van der Waals surface area contributed by atoms with Crippen LogP contribution in [-0.4, -0.2) is 20.2 Å². The standard InChI is InChI=1S/C11H14N2O/c1-13-8-9-14-11-4-2-10(3-5-11)6-7-12/h2-5,13H,6,8-9H2,1H3. The summed E-state index contributed by atoms with van der Waals surface area (Å²) in [6, 6.07) is 9.72. The smallest absolute Gasteiger partial charge is 0.119 e. The summed E-state index contributed by atoms with van der Waals surface area (Å²) in [6.45, 7) is 1.49. The van der Waals surface area contributed by atoms with Crippen LogP contribution in [0, 0.1) is 11.3 Å². The molecule has 1 rings (SSSR count). The molecule has 0 bridgehead atoms. The van der Waals surface area contributed by atoms with E-state index in [2.05, 4.69) is 11.4 Å². The second kappa shape index (κ2) is 6.01. The van der Waals surface area contributed by atoms with E-state index in [1.54, 1.807) is 0 Å². The Morgan fingerprint density at radius 2 is 2.07 bits per heavy atom. The summed E-state index contributed by atoms with van der Waals surface area (Å²) in [4.78, 5) is 0. The molecular formula is C11H14N2O. The fourth-order valence-corrected chi connectivity index (χ4v) is 1.07. The molecule has 3 heteroatoms. The average molecular weight is 190 g/mol. The van der Waals surface area contributed by atoms with Crippen LogP contribution in [0.25, 0.3) is 0 Å². The van der Waals surface area contributed by atoms with Gasteiger partial charge in [-0.25, -0.2) is 0 Å². The third kappa shape index (κ3) is 3.46. The van der Waals surface area contributed by atoms with Gasteiger partial charge in [-0.05, 0) is 24.7 Å². The van der Waals surface area contributed by atoms with E-state index in [0.29, 0.717) is 13.0 Å². The maximum atomic E-state index is 8.47. The lowest BCUT2D eigenvalue weighted by Gasteiger charge is -2.05. The quantitative estimate of drug-likeness (QED) is 0.713. The summed E-state index contributed by atoms with van der Waals surface area (Å²) < 4.78 is 5.43. The highest BCUT2D eigenvalue weighted by molar-refractivity contribution is 5.28. The van der Waals surface area contributed by atoms with E-state index in [0.717, 1.165) is 17.9 Å². The molecule has 0 saturated heterocycles. The lowest BCUT2D eigenvalue weighted by atomic mass is 10.2. The molecule has 0 unspecified atom stereocenters. The number of benzene rings is 1. The number of hydrogen-bond acceptors (Lipinski definition) is 3. The molecule has 0 atom stereocenters. The van der Waals surface area contributed by atoms with Crippen molar-refractivity contribution in [1.82, 2.24) is 5.32 Å². The molecule has 0 radical (unpaired) electrons. The number of likely N-dealkylation sites (N-methyl/N-ethyl adjacent to an activating group) is 1. The molecule has 0 heterocycles. The van der Waals surface area contributed by atoms with Crippen molar-refractivity contribution in [1.29, 1.82) is 5.26 Å². The normalized spacial score (nSPS) is 9.43.